The maximum Gasteiger partial charge on any atom is 0.340 e. The molecule has 6 heteroatoms. The SMILES string of the molecule is COC(=O)c1cnc(NCC2CC(OC)C2)c2ccsc12. The van der Waals surface area contributed by atoms with E-state index < -0.39 is 0 Å². The van der Waals surface area contributed by atoms with Crippen LogP contribution in [0.15, 0.2) is 17.6 Å². The molecule has 2 aromatic heterocycles. The number of hydrogen-bond donors (Lipinski definition) is 1. The molecule has 0 saturated heterocycles. The van der Waals surface area contributed by atoms with Crippen LogP contribution in [0.4, 0.5) is 5.82 Å². The van der Waals surface area contributed by atoms with Gasteiger partial charge in [-0.15, -0.1) is 11.3 Å². The molecule has 112 valence electrons. The molecule has 1 N–H and O–H groups in total. The van der Waals surface area contributed by atoms with E-state index in [-0.39, 0.29) is 5.97 Å². The van der Waals surface area contributed by atoms with Crippen LogP contribution in [0.3, 0.4) is 0 Å². The van der Waals surface area contributed by atoms with E-state index in [9.17, 15) is 4.79 Å². The van der Waals surface area contributed by atoms with Gasteiger partial charge in [0.15, 0.2) is 0 Å². The molecule has 0 aromatic carbocycles. The fourth-order valence-corrected chi connectivity index (χ4v) is 3.53. The number of aromatic nitrogens is 1. The highest BCUT2D eigenvalue weighted by atomic mass is 32.1. The van der Waals surface area contributed by atoms with Crippen molar-refractivity contribution in [1.82, 2.24) is 4.98 Å². The van der Waals surface area contributed by atoms with Crippen LogP contribution in [0.25, 0.3) is 10.1 Å². The summed E-state index contributed by atoms with van der Waals surface area (Å²) >= 11 is 1.53. The number of thiophene rings is 1. The molecule has 0 unspecified atom stereocenters. The number of nitrogens with one attached hydrogen (secondary N) is 1. The Bertz CT molecular complexity index is 649. The lowest BCUT2D eigenvalue weighted by molar-refractivity contribution is 0.00562. The number of ether oxygens (including phenoxy) is 2. The summed E-state index contributed by atoms with van der Waals surface area (Å²) in [5.41, 5.74) is 0.524. The van der Waals surface area contributed by atoms with Gasteiger partial charge in [0.25, 0.3) is 0 Å². The number of methoxy groups -OCH3 is 2. The highest BCUT2D eigenvalue weighted by Gasteiger charge is 2.28. The third-order valence-electron chi connectivity index (χ3n) is 3.98. The predicted octanol–water partition coefficient (Wildman–Crippen LogP) is 2.92. The van der Waals surface area contributed by atoms with Crippen molar-refractivity contribution in [2.45, 2.75) is 18.9 Å². The normalized spacial score (nSPS) is 21.0. The smallest absolute Gasteiger partial charge is 0.340 e. The molecule has 5 nitrogen and oxygen atoms in total. The van der Waals surface area contributed by atoms with Crippen LogP contribution < -0.4 is 5.32 Å². The predicted molar refractivity (Wildman–Crippen MR) is 83.0 cm³/mol. The summed E-state index contributed by atoms with van der Waals surface area (Å²) in [4.78, 5) is 16.1. The molecule has 2 heterocycles. The summed E-state index contributed by atoms with van der Waals surface area (Å²) in [6.45, 7) is 0.884. The second kappa shape index (κ2) is 5.99. The largest absolute Gasteiger partial charge is 0.465 e. The van der Waals surface area contributed by atoms with Gasteiger partial charge in [0, 0.05) is 25.2 Å². The lowest BCUT2D eigenvalue weighted by Gasteiger charge is -2.34. The number of hydrogen-bond acceptors (Lipinski definition) is 6. The second-order valence-corrected chi connectivity index (χ2v) is 6.17. The van der Waals surface area contributed by atoms with Crippen molar-refractivity contribution in [1.29, 1.82) is 0 Å². The molecule has 0 atom stereocenters. The summed E-state index contributed by atoms with van der Waals surface area (Å²) in [6.07, 6.45) is 4.19. The van der Waals surface area contributed by atoms with Gasteiger partial charge in [0.1, 0.15) is 5.82 Å². The number of esters is 1. The summed E-state index contributed by atoms with van der Waals surface area (Å²) in [5.74, 6) is 1.12. The maximum atomic E-state index is 11.7. The number of fused-ring (bicyclic) bond motifs is 1. The molecule has 1 aliphatic rings. The van der Waals surface area contributed by atoms with E-state index in [2.05, 4.69) is 10.3 Å². The first-order valence-corrected chi connectivity index (χ1v) is 7.82. The number of carbonyl (C=O) groups excluding carboxylic acids is 1. The van der Waals surface area contributed by atoms with Crippen molar-refractivity contribution in [3.8, 4) is 0 Å². The summed E-state index contributed by atoms with van der Waals surface area (Å²) in [5, 5.41) is 6.34. The highest BCUT2D eigenvalue weighted by molar-refractivity contribution is 7.17. The standard InChI is InChI=1S/C15H18N2O3S/c1-19-10-5-9(6-10)7-16-14-11-3-4-21-13(11)12(8-17-14)15(18)20-2/h3-4,8-10H,5-7H2,1-2H3,(H,16,17). The van der Waals surface area contributed by atoms with Gasteiger partial charge < -0.3 is 14.8 Å². The van der Waals surface area contributed by atoms with Crippen LogP contribution in [-0.2, 0) is 9.47 Å². The summed E-state index contributed by atoms with van der Waals surface area (Å²) in [7, 11) is 3.15. The van der Waals surface area contributed by atoms with Gasteiger partial charge in [0.05, 0.1) is 23.5 Å². The number of anilines is 1. The minimum atomic E-state index is -0.344. The first kappa shape index (κ1) is 14.3. The van der Waals surface area contributed by atoms with E-state index in [0.717, 1.165) is 35.3 Å². The van der Waals surface area contributed by atoms with Crippen molar-refractivity contribution in [2.24, 2.45) is 5.92 Å². The summed E-state index contributed by atoms with van der Waals surface area (Å²) < 4.78 is 11.0. The number of pyridine rings is 1. The molecule has 1 saturated carbocycles. The lowest BCUT2D eigenvalue weighted by Crippen LogP contribution is -2.34. The second-order valence-electron chi connectivity index (χ2n) is 5.25. The van der Waals surface area contributed by atoms with E-state index in [4.69, 9.17) is 9.47 Å². The molecule has 1 fully saturated rings. The molecular weight excluding hydrogens is 288 g/mol. The first-order valence-electron chi connectivity index (χ1n) is 6.94. The minimum Gasteiger partial charge on any atom is -0.465 e. The van der Waals surface area contributed by atoms with Crippen molar-refractivity contribution in [2.75, 3.05) is 26.1 Å². The van der Waals surface area contributed by atoms with Crippen molar-refractivity contribution < 1.29 is 14.3 Å². The van der Waals surface area contributed by atoms with Crippen LogP contribution in [-0.4, -0.2) is 37.8 Å². The van der Waals surface area contributed by atoms with Crippen LogP contribution in [0.1, 0.15) is 23.2 Å². The monoisotopic (exact) mass is 306 g/mol. The Morgan fingerprint density at radius 2 is 2.29 bits per heavy atom. The Labute approximate surface area is 127 Å². The number of nitrogens with zero attached hydrogens (tertiary/aromatic N) is 1. The molecule has 21 heavy (non-hydrogen) atoms. The Hall–Kier alpha value is -1.66. The molecular formula is C15H18N2O3S. The van der Waals surface area contributed by atoms with Gasteiger partial charge in [-0.1, -0.05) is 0 Å². The van der Waals surface area contributed by atoms with E-state index in [0.29, 0.717) is 17.6 Å². The van der Waals surface area contributed by atoms with Gasteiger partial charge in [-0.05, 0) is 30.2 Å². The zero-order chi connectivity index (χ0) is 14.8. The zero-order valence-corrected chi connectivity index (χ0v) is 12.9. The molecule has 0 amide bonds. The topological polar surface area (TPSA) is 60.5 Å². The Balaban J connectivity index is 1.75. The third kappa shape index (κ3) is 2.73. The highest BCUT2D eigenvalue weighted by Crippen LogP contribution is 2.32. The minimum absolute atomic E-state index is 0.344. The van der Waals surface area contributed by atoms with Gasteiger partial charge in [-0.25, -0.2) is 9.78 Å². The summed E-state index contributed by atoms with van der Waals surface area (Å²) in [6, 6.07) is 1.99. The van der Waals surface area contributed by atoms with Gasteiger partial charge in [-0.2, -0.15) is 0 Å². The fraction of sp³-hybridized carbons (Fsp3) is 0.467. The van der Waals surface area contributed by atoms with Crippen molar-refractivity contribution in [3.63, 3.8) is 0 Å². The molecule has 1 aliphatic carbocycles. The molecule has 0 bridgehead atoms. The Morgan fingerprint density at radius 1 is 1.48 bits per heavy atom. The van der Waals surface area contributed by atoms with Gasteiger partial charge in [0.2, 0.25) is 0 Å². The zero-order valence-electron chi connectivity index (χ0n) is 12.1. The average Bonchev–Trinajstić information content (AvgIpc) is 2.94. The first-order chi connectivity index (χ1) is 10.2. The van der Waals surface area contributed by atoms with E-state index in [1.807, 2.05) is 11.4 Å². The van der Waals surface area contributed by atoms with Crippen LogP contribution in [0.2, 0.25) is 0 Å². The van der Waals surface area contributed by atoms with Crippen LogP contribution in [0.5, 0.6) is 0 Å². The van der Waals surface area contributed by atoms with Gasteiger partial charge in [-0.3, -0.25) is 0 Å². The van der Waals surface area contributed by atoms with E-state index in [1.165, 1.54) is 18.4 Å². The van der Waals surface area contributed by atoms with Crippen molar-refractivity contribution in [3.05, 3.63) is 23.2 Å². The maximum absolute atomic E-state index is 11.7. The Kier molecular flexibility index (Phi) is 4.07. The molecule has 3 rings (SSSR count). The molecule has 0 radical (unpaired) electrons. The third-order valence-corrected chi connectivity index (χ3v) is 4.92. The Morgan fingerprint density at radius 3 is 3.00 bits per heavy atom. The van der Waals surface area contributed by atoms with E-state index >= 15 is 0 Å². The number of rotatable bonds is 5. The van der Waals surface area contributed by atoms with E-state index in [1.54, 1.807) is 13.3 Å². The molecule has 2 aromatic rings. The van der Waals surface area contributed by atoms with Gasteiger partial charge >= 0.3 is 5.97 Å². The molecule has 0 aliphatic heterocycles. The fourth-order valence-electron chi connectivity index (χ4n) is 2.63. The quantitative estimate of drug-likeness (QED) is 0.861. The number of carbonyl (C=O) groups is 1. The lowest BCUT2D eigenvalue weighted by atomic mass is 9.82. The molecule has 0 spiro atoms. The van der Waals surface area contributed by atoms with Crippen molar-refractivity contribution >= 4 is 33.2 Å². The van der Waals surface area contributed by atoms with Crippen LogP contribution >= 0.6 is 11.3 Å². The average molecular weight is 306 g/mol. The van der Waals surface area contributed by atoms with Crippen LogP contribution in [0, 0.1) is 5.92 Å².